The Kier molecular flexibility index (Phi) is 8.99. The number of nitrogens with zero attached hydrogens (tertiary/aromatic N) is 1. The van der Waals surface area contributed by atoms with E-state index in [2.05, 4.69) is 10.3 Å². The molecular weight excluding hydrogens is 448 g/mol. The summed E-state index contributed by atoms with van der Waals surface area (Å²) in [6.45, 7) is 0. The first kappa shape index (κ1) is 23.4. The van der Waals surface area contributed by atoms with Gasteiger partial charge in [0.1, 0.15) is 10.4 Å². The van der Waals surface area contributed by atoms with Gasteiger partial charge in [0.25, 0.3) is 5.91 Å². The van der Waals surface area contributed by atoms with Crippen LogP contribution in [0.15, 0.2) is 64.4 Å². The minimum Gasteiger partial charge on any atom is -0.467 e. The molecule has 1 atom stereocenters. The fraction of sp³-hybridized carbons (Fsp3) is 0.261. The SMILES string of the molecule is COC(=O)[C@H](CCSC)NC(=O)c1ccc(CSc2nccs2)cc1-c1ccccc1. The lowest BCUT2D eigenvalue weighted by atomic mass is 9.97. The fourth-order valence-corrected chi connectivity index (χ4v) is 5.08. The van der Waals surface area contributed by atoms with Crippen LogP contribution in [0.3, 0.4) is 0 Å². The van der Waals surface area contributed by atoms with Gasteiger partial charge in [0.15, 0.2) is 0 Å². The van der Waals surface area contributed by atoms with Gasteiger partial charge < -0.3 is 10.1 Å². The number of rotatable bonds is 10. The Balaban J connectivity index is 1.87. The summed E-state index contributed by atoms with van der Waals surface area (Å²) in [5.41, 5.74) is 3.42. The minimum absolute atomic E-state index is 0.283. The van der Waals surface area contributed by atoms with Crippen LogP contribution in [0.5, 0.6) is 0 Å². The van der Waals surface area contributed by atoms with Crippen LogP contribution >= 0.6 is 34.9 Å². The van der Waals surface area contributed by atoms with Crippen molar-refractivity contribution in [3.05, 3.63) is 71.2 Å². The summed E-state index contributed by atoms with van der Waals surface area (Å²) in [7, 11) is 1.34. The summed E-state index contributed by atoms with van der Waals surface area (Å²) in [4.78, 5) is 29.6. The highest BCUT2D eigenvalue weighted by Crippen LogP contribution is 2.29. The van der Waals surface area contributed by atoms with E-state index in [0.717, 1.165) is 32.5 Å². The van der Waals surface area contributed by atoms with Crippen LogP contribution in [0.2, 0.25) is 0 Å². The number of carbonyl (C=O) groups excluding carboxylic acids is 2. The van der Waals surface area contributed by atoms with Gasteiger partial charge in [0.2, 0.25) is 0 Å². The first-order valence-electron chi connectivity index (χ1n) is 9.70. The minimum atomic E-state index is -0.672. The second kappa shape index (κ2) is 11.9. The number of methoxy groups -OCH3 is 1. The van der Waals surface area contributed by atoms with Crippen molar-refractivity contribution in [1.82, 2.24) is 10.3 Å². The van der Waals surface area contributed by atoms with Gasteiger partial charge in [0.05, 0.1) is 7.11 Å². The molecule has 31 heavy (non-hydrogen) atoms. The molecule has 162 valence electrons. The highest BCUT2D eigenvalue weighted by Gasteiger charge is 2.23. The van der Waals surface area contributed by atoms with Gasteiger partial charge in [-0.25, -0.2) is 9.78 Å². The summed E-state index contributed by atoms with van der Waals surface area (Å²) in [5.74, 6) is 0.793. The van der Waals surface area contributed by atoms with Crippen LogP contribution in [-0.4, -0.2) is 42.0 Å². The standard InChI is InChI=1S/C23H24N2O3S3/c1-28-22(27)20(10-12-29-2)25-21(26)18-9-8-16(15-31-23-24-11-13-30-23)14-19(18)17-6-4-3-5-7-17/h3-9,11,13-14,20H,10,12,15H2,1-2H3,(H,25,26)/t20-/m0/s1. The average molecular weight is 473 g/mol. The second-order valence-corrected chi connectivity index (χ2v) is 9.77. The number of thiazole rings is 1. The van der Waals surface area contributed by atoms with Crippen LogP contribution < -0.4 is 5.32 Å². The number of hydrogen-bond donors (Lipinski definition) is 1. The third-order valence-electron chi connectivity index (χ3n) is 4.59. The first-order chi connectivity index (χ1) is 15.1. The number of nitrogens with one attached hydrogen (secondary N) is 1. The maximum absolute atomic E-state index is 13.1. The lowest BCUT2D eigenvalue weighted by molar-refractivity contribution is -0.142. The molecule has 5 nitrogen and oxygen atoms in total. The van der Waals surface area contributed by atoms with Gasteiger partial charge in [0, 0.05) is 22.9 Å². The van der Waals surface area contributed by atoms with Crippen LogP contribution in [0, 0.1) is 0 Å². The Labute approximate surface area is 195 Å². The van der Waals surface area contributed by atoms with Crippen molar-refractivity contribution in [3.63, 3.8) is 0 Å². The molecule has 3 rings (SSSR count). The Morgan fingerprint density at radius 3 is 2.68 bits per heavy atom. The van der Waals surface area contributed by atoms with Crippen LogP contribution in [0.4, 0.5) is 0 Å². The second-order valence-electron chi connectivity index (χ2n) is 6.66. The maximum atomic E-state index is 13.1. The van der Waals surface area contributed by atoms with E-state index in [1.807, 2.05) is 60.2 Å². The van der Waals surface area contributed by atoms with E-state index in [1.165, 1.54) is 7.11 Å². The van der Waals surface area contributed by atoms with Crippen molar-refractivity contribution in [2.75, 3.05) is 19.1 Å². The van der Waals surface area contributed by atoms with Crippen molar-refractivity contribution in [3.8, 4) is 11.1 Å². The van der Waals surface area contributed by atoms with Gasteiger partial charge in [-0.2, -0.15) is 11.8 Å². The van der Waals surface area contributed by atoms with E-state index in [1.54, 1.807) is 41.1 Å². The van der Waals surface area contributed by atoms with Crippen LogP contribution in [0.1, 0.15) is 22.3 Å². The zero-order valence-corrected chi connectivity index (χ0v) is 19.8. The van der Waals surface area contributed by atoms with Gasteiger partial charge in [-0.05, 0) is 47.3 Å². The lowest BCUT2D eigenvalue weighted by Crippen LogP contribution is -2.42. The molecule has 0 spiro atoms. The quantitative estimate of drug-likeness (QED) is 0.326. The number of hydrogen-bond acceptors (Lipinski definition) is 7. The van der Waals surface area contributed by atoms with Gasteiger partial charge in [-0.1, -0.05) is 48.2 Å². The molecule has 1 amide bonds. The molecule has 0 aliphatic heterocycles. The molecule has 1 N–H and O–H groups in total. The van der Waals surface area contributed by atoms with Crippen molar-refractivity contribution in [2.24, 2.45) is 0 Å². The summed E-state index contributed by atoms with van der Waals surface area (Å²) < 4.78 is 5.89. The Morgan fingerprint density at radius 2 is 2.00 bits per heavy atom. The molecule has 0 fully saturated rings. The van der Waals surface area contributed by atoms with Gasteiger partial charge in [-0.3, -0.25) is 4.79 Å². The molecule has 2 aromatic carbocycles. The number of esters is 1. The number of ether oxygens (including phenoxy) is 1. The molecule has 0 aliphatic rings. The number of amides is 1. The number of aromatic nitrogens is 1. The highest BCUT2D eigenvalue weighted by atomic mass is 32.2. The molecular formula is C23H24N2O3S3. The van der Waals surface area contributed by atoms with E-state index < -0.39 is 12.0 Å². The summed E-state index contributed by atoms with van der Waals surface area (Å²) >= 11 is 4.90. The fourth-order valence-electron chi connectivity index (χ4n) is 3.03. The van der Waals surface area contributed by atoms with Gasteiger partial charge in [-0.15, -0.1) is 11.3 Å². The normalized spacial score (nSPS) is 11.7. The topological polar surface area (TPSA) is 68.3 Å². The van der Waals surface area contributed by atoms with E-state index in [-0.39, 0.29) is 5.91 Å². The molecule has 1 heterocycles. The summed E-state index contributed by atoms with van der Waals surface area (Å²) in [5, 5.41) is 4.82. The average Bonchev–Trinajstić information content (AvgIpc) is 3.34. The Hall–Kier alpha value is -2.29. The van der Waals surface area contributed by atoms with Gasteiger partial charge >= 0.3 is 5.97 Å². The highest BCUT2D eigenvalue weighted by molar-refractivity contribution is 8.00. The number of carbonyl (C=O) groups is 2. The molecule has 0 aliphatic carbocycles. The van der Waals surface area contributed by atoms with E-state index in [4.69, 9.17) is 4.74 Å². The number of benzene rings is 2. The van der Waals surface area contributed by atoms with Crippen molar-refractivity contribution < 1.29 is 14.3 Å². The predicted molar refractivity (Wildman–Crippen MR) is 130 cm³/mol. The summed E-state index contributed by atoms with van der Waals surface area (Å²) in [6.07, 6.45) is 4.28. The Bertz CT molecular complexity index is 995. The molecule has 1 aromatic heterocycles. The molecule has 0 unspecified atom stereocenters. The van der Waals surface area contributed by atoms with Crippen LogP contribution in [0.25, 0.3) is 11.1 Å². The molecule has 0 radical (unpaired) electrons. The smallest absolute Gasteiger partial charge is 0.328 e. The van der Waals surface area contributed by atoms with E-state index in [0.29, 0.717) is 12.0 Å². The van der Waals surface area contributed by atoms with E-state index in [9.17, 15) is 9.59 Å². The molecule has 0 bridgehead atoms. The largest absolute Gasteiger partial charge is 0.467 e. The Morgan fingerprint density at radius 1 is 1.19 bits per heavy atom. The third kappa shape index (κ3) is 6.59. The number of thioether (sulfide) groups is 2. The van der Waals surface area contributed by atoms with Crippen molar-refractivity contribution >= 4 is 46.7 Å². The molecule has 0 saturated carbocycles. The summed E-state index contributed by atoms with van der Waals surface area (Å²) in [6, 6.07) is 15.0. The monoisotopic (exact) mass is 472 g/mol. The molecule has 8 heteroatoms. The van der Waals surface area contributed by atoms with Crippen LogP contribution in [-0.2, 0) is 15.3 Å². The third-order valence-corrected chi connectivity index (χ3v) is 7.27. The zero-order valence-electron chi connectivity index (χ0n) is 17.4. The predicted octanol–water partition coefficient (Wildman–Crippen LogP) is 5.13. The lowest BCUT2D eigenvalue weighted by Gasteiger charge is -2.18. The maximum Gasteiger partial charge on any atom is 0.328 e. The van der Waals surface area contributed by atoms with E-state index >= 15 is 0 Å². The molecule has 0 saturated heterocycles. The molecule has 3 aromatic rings. The zero-order chi connectivity index (χ0) is 22.1. The van der Waals surface area contributed by atoms with Crippen molar-refractivity contribution in [1.29, 1.82) is 0 Å². The first-order valence-corrected chi connectivity index (χ1v) is 13.0. The van der Waals surface area contributed by atoms with Crippen molar-refractivity contribution in [2.45, 2.75) is 22.6 Å².